The first-order valence-corrected chi connectivity index (χ1v) is 6.83. The number of nitrogens with one attached hydrogen (secondary N) is 2. The third kappa shape index (κ3) is 3.77. The van der Waals surface area contributed by atoms with E-state index in [-0.39, 0.29) is 11.9 Å². The fourth-order valence-corrected chi connectivity index (χ4v) is 2.53. The first-order chi connectivity index (χ1) is 9.19. The highest BCUT2D eigenvalue weighted by atomic mass is 32.1. The first kappa shape index (κ1) is 13.5. The predicted octanol–water partition coefficient (Wildman–Crippen LogP) is 1.79. The fraction of sp³-hybridized carbons (Fsp3) is 0.231. The zero-order chi connectivity index (χ0) is 13.7. The van der Waals surface area contributed by atoms with Crippen molar-refractivity contribution in [3.8, 4) is 0 Å². The molecule has 0 bridgehead atoms. The molecule has 0 saturated carbocycles. The van der Waals surface area contributed by atoms with E-state index < -0.39 is 0 Å². The number of rotatable bonds is 5. The minimum Gasteiger partial charge on any atom is -0.348 e. The van der Waals surface area contributed by atoms with E-state index in [2.05, 4.69) is 21.8 Å². The van der Waals surface area contributed by atoms with E-state index in [9.17, 15) is 4.79 Å². The summed E-state index contributed by atoms with van der Waals surface area (Å²) in [5.41, 5.74) is 3.53. The van der Waals surface area contributed by atoms with Crippen LogP contribution in [0.2, 0.25) is 0 Å². The summed E-state index contributed by atoms with van der Waals surface area (Å²) in [6.07, 6.45) is 2.35. The van der Waals surface area contributed by atoms with Crippen molar-refractivity contribution in [1.82, 2.24) is 10.3 Å². The van der Waals surface area contributed by atoms with Crippen LogP contribution in [0.25, 0.3) is 0 Å². The van der Waals surface area contributed by atoms with Crippen LogP contribution in [0.4, 0.5) is 5.69 Å². The van der Waals surface area contributed by atoms with E-state index in [4.69, 9.17) is 5.84 Å². The Hall–Kier alpha value is -1.92. The van der Waals surface area contributed by atoms with Gasteiger partial charge in [-0.25, -0.2) is 4.98 Å². The molecule has 2 heterocycles. The number of thiophene rings is 1. The number of nitrogen functional groups attached to an aromatic ring is 1. The Bertz CT molecular complexity index is 524. The minimum absolute atomic E-state index is 0.0697. The number of hydrogen-bond donors (Lipinski definition) is 3. The maximum atomic E-state index is 12.0. The molecule has 2 rings (SSSR count). The lowest BCUT2D eigenvalue weighted by Crippen LogP contribution is -2.34. The van der Waals surface area contributed by atoms with Gasteiger partial charge in [0.05, 0.1) is 11.9 Å². The van der Waals surface area contributed by atoms with Crippen LogP contribution in [-0.2, 0) is 6.42 Å². The number of hydrazine groups is 1. The Labute approximate surface area is 115 Å². The van der Waals surface area contributed by atoms with E-state index in [1.807, 2.05) is 18.4 Å². The maximum Gasteiger partial charge on any atom is 0.270 e. The molecule has 19 heavy (non-hydrogen) atoms. The number of nitrogens with zero attached hydrogens (tertiary/aromatic N) is 1. The van der Waals surface area contributed by atoms with Gasteiger partial charge in [-0.15, -0.1) is 11.3 Å². The molecule has 6 heteroatoms. The average Bonchev–Trinajstić information content (AvgIpc) is 2.91. The highest BCUT2D eigenvalue weighted by Gasteiger charge is 2.11. The van der Waals surface area contributed by atoms with Gasteiger partial charge >= 0.3 is 0 Å². The summed E-state index contributed by atoms with van der Waals surface area (Å²) in [5.74, 6) is 5.07. The standard InChI is InChI=1S/C13H16N4OS/c1-9(7-11-3-2-6-19-11)16-13(18)12-5-4-10(17-14)8-15-12/h2-6,8-9,17H,7,14H2,1H3,(H,16,18). The van der Waals surface area contributed by atoms with Crippen LogP contribution in [0.1, 0.15) is 22.3 Å². The number of aromatic nitrogens is 1. The quantitative estimate of drug-likeness (QED) is 0.574. The highest BCUT2D eigenvalue weighted by molar-refractivity contribution is 7.09. The maximum absolute atomic E-state index is 12.0. The van der Waals surface area contributed by atoms with Crippen LogP contribution in [0.15, 0.2) is 35.8 Å². The van der Waals surface area contributed by atoms with Crippen molar-refractivity contribution in [3.05, 3.63) is 46.4 Å². The molecule has 0 aliphatic carbocycles. The largest absolute Gasteiger partial charge is 0.348 e. The van der Waals surface area contributed by atoms with Crippen molar-refractivity contribution in [3.63, 3.8) is 0 Å². The zero-order valence-corrected chi connectivity index (χ0v) is 11.4. The zero-order valence-electron chi connectivity index (χ0n) is 10.6. The van der Waals surface area contributed by atoms with E-state index in [0.717, 1.165) is 6.42 Å². The van der Waals surface area contributed by atoms with E-state index in [1.54, 1.807) is 23.5 Å². The van der Waals surface area contributed by atoms with Gasteiger partial charge in [-0.1, -0.05) is 6.07 Å². The SMILES string of the molecule is CC(Cc1cccs1)NC(=O)c1ccc(NN)cn1. The van der Waals surface area contributed by atoms with E-state index in [1.165, 1.54) is 11.1 Å². The molecular formula is C13H16N4OS. The van der Waals surface area contributed by atoms with Gasteiger partial charge in [0.25, 0.3) is 5.91 Å². The molecule has 1 amide bonds. The lowest BCUT2D eigenvalue weighted by molar-refractivity contribution is 0.0935. The summed E-state index contributed by atoms with van der Waals surface area (Å²) >= 11 is 1.69. The molecule has 2 aromatic rings. The lowest BCUT2D eigenvalue weighted by Gasteiger charge is -2.12. The van der Waals surface area contributed by atoms with Crippen LogP contribution < -0.4 is 16.6 Å². The van der Waals surface area contributed by atoms with Crippen LogP contribution >= 0.6 is 11.3 Å². The number of carbonyl (C=O) groups excluding carboxylic acids is 1. The Kier molecular flexibility index (Phi) is 4.48. The molecule has 2 aromatic heterocycles. The van der Waals surface area contributed by atoms with Gasteiger partial charge in [-0.2, -0.15) is 0 Å². The molecule has 0 aliphatic rings. The number of pyridine rings is 1. The Morgan fingerprint density at radius 2 is 2.32 bits per heavy atom. The number of nitrogens with two attached hydrogens (primary N) is 1. The molecule has 0 spiro atoms. The van der Waals surface area contributed by atoms with Gasteiger partial charge < -0.3 is 10.7 Å². The van der Waals surface area contributed by atoms with Crippen molar-refractivity contribution >= 4 is 22.9 Å². The van der Waals surface area contributed by atoms with E-state index in [0.29, 0.717) is 11.4 Å². The first-order valence-electron chi connectivity index (χ1n) is 5.95. The second-order valence-electron chi connectivity index (χ2n) is 4.23. The number of amides is 1. The van der Waals surface area contributed by atoms with Crippen molar-refractivity contribution in [2.75, 3.05) is 5.43 Å². The molecule has 0 radical (unpaired) electrons. The van der Waals surface area contributed by atoms with Crippen LogP contribution in [-0.4, -0.2) is 16.9 Å². The smallest absolute Gasteiger partial charge is 0.270 e. The average molecular weight is 276 g/mol. The molecule has 1 unspecified atom stereocenters. The van der Waals surface area contributed by atoms with E-state index >= 15 is 0 Å². The van der Waals surface area contributed by atoms with Gasteiger partial charge in [0.15, 0.2) is 0 Å². The Balaban J connectivity index is 1.92. The van der Waals surface area contributed by atoms with Crippen molar-refractivity contribution in [2.45, 2.75) is 19.4 Å². The number of hydrogen-bond acceptors (Lipinski definition) is 5. The second-order valence-corrected chi connectivity index (χ2v) is 5.27. The third-order valence-corrected chi connectivity index (χ3v) is 3.53. The minimum atomic E-state index is -0.173. The van der Waals surface area contributed by atoms with Crippen molar-refractivity contribution in [1.29, 1.82) is 0 Å². The Morgan fingerprint density at radius 3 is 2.89 bits per heavy atom. The second kappa shape index (κ2) is 6.31. The topological polar surface area (TPSA) is 80.0 Å². The molecule has 100 valence electrons. The fourth-order valence-electron chi connectivity index (χ4n) is 1.69. The molecule has 0 aliphatic heterocycles. The monoisotopic (exact) mass is 276 g/mol. The van der Waals surface area contributed by atoms with Gasteiger partial charge in [0, 0.05) is 17.3 Å². The predicted molar refractivity (Wildman–Crippen MR) is 77.0 cm³/mol. The summed E-state index contributed by atoms with van der Waals surface area (Å²) in [5, 5.41) is 4.96. The summed E-state index contributed by atoms with van der Waals surface area (Å²) in [6.45, 7) is 1.98. The third-order valence-electron chi connectivity index (χ3n) is 2.63. The molecule has 0 fully saturated rings. The molecule has 4 N–H and O–H groups in total. The molecule has 0 saturated heterocycles. The highest BCUT2D eigenvalue weighted by Crippen LogP contribution is 2.11. The number of carbonyl (C=O) groups is 1. The summed E-state index contributed by atoms with van der Waals surface area (Å²) < 4.78 is 0. The normalized spacial score (nSPS) is 11.9. The van der Waals surface area contributed by atoms with Gasteiger partial charge in [-0.3, -0.25) is 10.6 Å². The van der Waals surface area contributed by atoms with Crippen molar-refractivity contribution in [2.24, 2.45) is 5.84 Å². The molecule has 0 aromatic carbocycles. The summed E-state index contributed by atoms with van der Waals surface area (Å²) in [7, 11) is 0. The summed E-state index contributed by atoms with van der Waals surface area (Å²) in [6, 6.07) is 7.50. The lowest BCUT2D eigenvalue weighted by atomic mass is 10.2. The molecule has 5 nitrogen and oxygen atoms in total. The van der Waals surface area contributed by atoms with Crippen LogP contribution in [0.5, 0.6) is 0 Å². The van der Waals surface area contributed by atoms with Crippen molar-refractivity contribution < 1.29 is 4.79 Å². The summed E-state index contributed by atoms with van der Waals surface area (Å²) in [4.78, 5) is 17.3. The van der Waals surface area contributed by atoms with Crippen LogP contribution in [0.3, 0.4) is 0 Å². The van der Waals surface area contributed by atoms with Gasteiger partial charge in [0.1, 0.15) is 5.69 Å². The van der Waals surface area contributed by atoms with Gasteiger partial charge in [0.2, 0.25) is 0 Å². The molecule has 1 atom stereocenters. The van der Waals surface area contributed by atoms with Gasteiger partial charge in [-0.05, 0) is 30.5 Å². The number of anilines is 1. The Morgan fingerprint density at radius 1 is 1.47 bits per heavy atom. The molecular weight excluding hydrogens is 260 g/mol. The van der Waals surface area contributed by atoms with Crippen LogP contribution in [0, 0.1) is 0 Å².